The molecule has 0 aromatic carbocycles. The van der Waals surface area contributed by atoms with Crippen LogP contribution in [0.3, 0.4) is 0 Å². The summed E-state index contributed by atoms with van der Waals surface area (Å²) in [5.41, 5.74) is 2.13. The summed E-state index contributed by atoms with van der Waals surface area (Å²) in [6.07, 6.45) is 7.61. The molecule has 0 bridgehead atoms. The van der Waals surface area contributed by atoms with Crippen molar-refractivity contribution in [1.29, 1.82) is 0 Å². The first kappa shape index (κ1) is 7.03. The zero-order chi connectivity index (χ0) is 8.39. The predicted octanol–water partition coefficient (Wildman–Crippen LogP) is 0.995. The van der Waals surface area contributed by atoms with Crippen molar-refractivity contribution in [3.8, 4) is 5.69 Å². The average Bonchev–Trinajstić information content (AvgIpc) is 2.58. The van der Waals surface area contributed by atoms with Crippen molar-refractivity contribution in [2.24, 2.45) is 0 Å². The number of hydrogen-bond acceptors (Lipinski definition) is 1. The minimum absolute atomic E-state index is 1.03. The average molecular weight is 160 g/mol. The van der Waals surface area contributed by atoms with Crippen LogP contribution in [0.5, 0.6) is 0 Å². The molecule has 60 valence electrons. The summed E-state index contributed by atoms with van der Waals surface area (Å²) in [7, 11) is 0. The van der Waals surface area contributed by atoms with Gasteiger partial charge in [0.2, 0.25) is 0 Å². The molecule has 12 heavy (non-hydrogen) atoms. The maximum atomic E-state index is 4.18. The maximum Gasteiger partial charge on any atom is 0.291 e. The summed E-state index contributed by atoms with van der Waals surface area (Å²) < 4.78 is 1.96. The minimum Gasteiger partial charge on any atom is -0.364 e. The number of nitrogens with one attached hydrogen (secondary N) is 1. The van der Waals surface area contributed by atoms with Gasteiger partial charge in [-0.3, -0.25) is 0 Å². The topological polar surface area (TPSA) is 32.6 Å². The van der Waals surface area contributed by atoms with Crippen molar-refractivity contribution in [2.45, 2.75) is 6.92 Å². The van der Waals surface area contributed by atoms with Gasteiger partial charge < -0.3 is 4.98 Å². The van der Waals surface area contributed by atoms with E-state index in [2.05, 4.69) is 9.97 Å². The van der Waals surface area contributed by atoms with Gasteiger partial charge >= 0.3 is 0 Å². The van der Waals surface area contributed by atoms with Crippen LogP contribution in [0.2, 0.25) is 0 Å². The Hall–Kier alpha value is -1.64. The molecule has 0 aliphatic rings. The number of H-pyrrole nitrogens is 1. The molecule has 0 unspecified atom stereocenters. The summed E-state index contributed by atoms with van der Waals surface area (Å²) in [6, 6.07) is 3.98. The third-order valence-corrected chi connectivity index (χ3v) is 1.74. The van der Waals surface area contributed by atoms with Crippen molar-refractivity contribution in [1.82, 2.24) is 9.97 Å². The molecule has 2 heterocycles. The van der Waals surface area contributed by atoms with Gasteiger partial charge in [-0.1, -0.05) is 4.98 Å². The van der Waals surface area contributed by atoms with E-state index in [4.69, 9.17) is 0 Å². The van der Waals surface area contributed by atoms with E-state index in [1.165, 1.54) is 0 Å². The van der Waals surface area contributed by atoms with Crippen molar-refractivity contribution < 1.29 is 4.57 Å². The van der Waals surface area contributed by atoms with Crippen LogP contribution in [-0.4, -0.2) is 9.97 Å². The smallest absolute Gasteiger partial charge is 0.291 e. The van der Waals surface area contributed by atoms with Crippen molar-refractivity contribution in [3.05, 3.63) is 42.7 Å². The SMILES string of the molecule is Cc1cc[n+](-c2cc[nH]c2)cn1. The van der Waals surface area contributed by atoms with E-state index in [0.717, 1.165) is 11.4 Å². The third kappa shape index (κ3) is 1.21. The Balaban J connectivity index is 2.43. The van der Waals surface area contributed by atoms with E-state index < -0.39 is 0 Å². The van der Waals surface area contributed by atoms with Crippen LogP contribution in [0, 0.1) is 6.92 Å². The Bertz CT molecular complexity index is 348. The van der Waals surface area contributed by atoms with Crippen LogP contribution in [-0.2, 0) is 0 Å². The first-order chi connectivity index (χ1) is 5.86. The van der Waals surface area contributed by atoms with Gasteiger partial charge in [0.05, 0.1) is 0 Å². The monoisotopic (exact) mass is 160 g/mol. The normalized spacial score (nSPS) is 10.1. The molecular weight excluding hydrogens is 150 g/mol. The van der Waals surface area contributed by atoms with Crippen molar-refractivity contribution in [2.75, 3.05) is 0 Å². The van der Waals surface area contributed by atoms with Gasteiger partial charge in [-0.15, -0.1) is 0 Å². The van der Waals surface area contributed by atoms with Crippen LogP contribution < -0.4 is 4.57 Å². The molecular formula is C9H10N3+. The van der Waals surface area contributed by atoms with E-state index in [9.17, 15) is 0 Å². The molecule has 3 heteroatoms. The number of aryl methyl sites for hydroxylation is 1. The van der Waals surface area contributed by atoms with Gasteiger partial charge in [-0.2, -0.15) is 0 Å². The van der Waals surface area contributed by atoms with Crippen LogP contribution in [0.15, 0.2) is 37.1 Å². The largest absolute Gasteiger partial charge is 0.364 e. The van der Waals surface area contributed by atoms with Gasteiger partial charge in [0.1, 0.15) is 11.9 Å². The molecule has 0 radical (unpaired) electrons. The number of rotatable bonds is 1. The highest BCUT2D eigenvalue weighted by Gasteiger charge is 2.01. The van der Waals surface area contributed by atoms with E-state index in [0.29, 0.717) is 0 Å². The highest BCUT2D eigenvalue weighted by molar-refractivity contribution is 5.15. The number of nitrogens with zero attached hydrogens (tertiary/aromatic N) is 2. The lowest BCUT2D eigenvalue weighted by Crippen LogP contribution is -2.29. The second kappa shape index (κ2) is 2.77. The molecule has 2 aromatic rings. The fraction of sp³-hybridized carbons (Fsp3) is 0.111. The number of aromatic amines is 1. The number of hydrogen-bond donors (Lipinski definition) is 1. The van der Waals surface area contributed by atoms with Crippen LogP contribution in [0.1, 0.15) is 5.69 Å². The van der Waals surface area contributed by atoms with Crippen LogP contribution in [0.25, 0.3) is 5.69 Å². The van der Waals surface area contributed by atoms with Gasteiger partial charge in [-0.25, -0.2) is 4.57 Å². The molecule has 0 spiro atoms. The van der Waals surface area contributed by atoms with Crippen LogP contribution >= 0.6 is 0 Å². The van der Waals surface area contributed by atoms with Crippen molar-refractivity contribution in [3.63, 3.8) is 0 Å². The summed E-state index contributed by atoms with van der Waals surface area (Å²) in [4.78, 5) is 7.18. The molecule has 3 nitrogen and oxygen atoms in total. The van der Waals surface area contributed by atoms with E-state index >= 15 is 0 Å². The van der Waals surface area contributed by atoms with Gasteiger partial charge in [-0.05, 0) is 0 Å². The lowest BCUT2D eigenvalue weighted by Gasteiger charge is -1.91. The van der Waals surface area contributed by atoms with Gasteiger partial charge in [0.25, 0.3) is 6.33 Å². The molecule has 0 aliphatic carbocycles. The van der Waals surface area contributed by atoms with Crippen molar-refractivity contribution >= 4 is 0 Å². The molecule has 0 amide bonds. The standard InChI is InChI=1S/C9H10N3/c1-8-3-5-12(7-11-8)9-2-4-10-6-9/h2-7,10H,1H3/q+1. The molecule has 2 rings (SSSR count). The Labute approximate surface area is 70.7 Å². The Kier molecular flexibility index (Phi) is 1.63. The molecule has 0 saturated heterocycles. The maximum absolute atomic E-state index is 4.18. The second-order valence-electron chi connectivity index (χ2n) is 2.68. The fourth-order valence-electron chi connectivity index (χ4n) is 1.05. The summed E-state index contributed by atoms with van der Waals surface area (Å²) >= 11 is 0. The molecule has 0 saturated carbocycles. The minimum atomic E-state index is 1.03. The Morgan fingerprint density at radius 1 is 1.42 bits per heavy atom. The first-order valence-electron chi connectivity index (χ1n) is 3.83. The zero-order valence-corrected chi connectivity index (χ0v) is 6.86. The summed E-state index contributed by atoms with van der Waals surface area (Å²) in [5, 5.41) is 0. The van der Waals surface area contributed by atoms with E-state index in [1.807, 2.05) is 42.2 Å². The third-order valence-electron chi connectivity index (χ3n) is 1.74. The first-order valence-corrected chi connectivity index (χ1v) is 3.83. The molecule has 1 N–H and O–H groups in total. The van der Waals surface area contributed by atoms with E-state index in [1.54, 1.807) is 6.33 Å². The summed E-state index contributed by atoms with van der Waals surface area (Å²) in [5.74, 6) is 0. The van der Waals surface area contributed by atoms with Gasteiger partial charge in [0.15, 0.2) is 5.69 Å². The van der Waals surface area contributed by atoms with E-state index in [-0.39, 0.29) is 0 Å². The predicted molar refractivity (Wildman–Crippen MR) is 44.9 cm³/mol. The Morgan fingerprint density at radius 3 is 2.92 bits per heavy atom. The second-order valence-corrected chi connectivity index (χ2v) is 2.68. The van der Waals surface area contributed by atoms with Crippen LogP contribution in [0.4, 0.5) is 0 Å². The highest BCUT2D eigenvalue weighted by atomic mass is 15.0. The van der Waals surface area contributed by atoms with Gasteiger partial charge in [0, 0.05) is 31.5 Å². The Morgan fingerprint density at radius 2 is 2.33 bits per heavy atom. The highest BCUT2D eigenvalue weighted by Crippen LogP contribution is 1.94. The number of aromatic nitrogens is 3. The summed E-state index contributed by atoms with van der Waals surface area (Å²) in [6.45, 7) is 1.97. The molecule has 2 aromatic heterocycles. The molecule has 0 fully saturated rings. The quantitative estimate of drug-likeness (QED) is 0.620. The zero-order valence-electron chi connectivity index (χ0n) is 6.86. The lowest BCUT2D eigenvalue weighted by molar-refractivity contribution is -0.599. The molecule has 0 atom stereocenters. The fourth-order valence-corrected chi connectivity index (χ4v) is 1.05. The molecule has 0 aliphatic heterocycles. The lowest BCUT2D eigenvalue weighted by atomic mass is 10.4.